The Morgan fingerprint density at radius 2 is 1.83 bits per heavy atom. The SMILES string of the molecule is CCNC(=NCc1ccc(N2CCCCC2=O)cc1)NCC(CC)(CC)CCO.I. The molecule has 1 aliphatic heterocycles. The first-order valence-electron chi connectivity index (χ1n) is 11.1. The molecular weight excluding hydrogens is 491 g/mol. The summed E-state index contributed by atoms with van der Waals surface area (Å²) in [5.41, 5.74) is 2.18. The molecule has 170 valence electrons. The number of anilines is 1. The number of nitrogens with zero attached hydrogens (tertiary/aromatic N) is 2. The maximum atomic E-state index is 12.1. The van der Waals surface area contributed by atoms with Gasteiger partial charge in [-0.05, 0) is 62.1 Å². The van der Waals surface area contributed by atoms with E-state index in [-0.39, 0.29) is 41.9 Å². The van der Waals surface area contributed by atoms with E-state index in [0.717, 1.165) is 68.9 Å². The Labute approximate surface area is 198 Å². The van der Waals surface area contributed by atoms with E-state index < -0.39 is 0 Å². The lowest BCUT2D eigenvalue weighted by atomic mass is 9.79. The van der Waals surface area contributed by atoms with E-state index in [0.29, 0.717) is 13.0 Å². The zero-order valence-corrected chi connectivity index (χ0v) is 21.1. The van der Waals surface area contributed by atoms with Gasteiger partial charge in [-0.25, -0.2) is 4.99 Å². The van der Waals surface area contributed by atoms with Crippen molar-refractivity contribution < 1.29 is 9.90 Å². The maximum absolute atomic E-state index is 12.1. The van der Waals surface area contributed by atoms with E-state index in [9.17, 15) is 9.90 Å². The predicted molar refractivity (Wildman–Crippen MR) is 136 cm³/mol. The first kappa shape index (κ1) is 26.7. The second kappa shape index (κ2) is 13.9. The van der Waals surface area contributed by atoms with Crippen LogP contribution in [0.1, 0.15) is 64.9 Å². The first-order valence-corrected chi connectivity index (χ1v) is 11.1. The molecule has 0 aliphatic carbocycles. The van der Waals surface area contributed by atoms with Crippen LogP contribution >= 0.6 is 24.0 Å². The molecule has 7 heteroatoms. The van der Waals surface area contributed by atoms with Gasteiger partial charge in [0, 0.05) is 38.3 Å². The average molecular weight is 530 g/mol. The molecule has 0 bridgehead atoms. The van der Waals surface area contributed by atoms with Crippen LogP contribution in [-0.2, 0) is 11.3 Å². The largest absolute Gasteiger partial charge is 0.396 e. The van der Waals surface area contributed by atoms with Crippen LogP contribution in [0, 0.1) is 5.41 Å². The summed E-state index contributed by atoms with van der Waals surface area (Å²) in [5, 5.41) is 16.2. The summed E-state index contributed by atoms with van der Waals surface area (Å²) in [5.74, 6) is 1.02. The van der Waals surface area contributed by atoms with Crippen LogP contribution in [0.2, 0.25) is 0 Å². The lowest BCUT2D eigenvalue weighted by Gasteiger charge is -2.32. The molecule has 2 rings (SSSR count). The van der Waals surface area contributed by atoms with E-state index in [1.807, 2.05) is 17.0 Å². The van der Waals surface area contributed by atoms with Gasteiger partial charge in [0.05, 0.1) is 6.54 Å². The number of piperidine rings is 1. The molecule has 1 aromatic rings. The maximum Gasteiger partial charge on any atom is 0.226 e. The van der Waals surface area contributed by atoms with Crippen molar-refractivity contribution >= 4 is 41.5 Å². The molecule has 1 fully saturated rings. The number of carbonyl (C=O) groups is 1. The average Bonchev–Trinajstić information content (AvgIpc) is 2.75. The minimum atomic E-state index is 0. The van der Waals surface area contributed by atoms with Crippen molar-refractivity contribution in [3.63, 3.8) is 0 Å². The Hall–Kier alpha value is -1.35. The van der Waals surface area contributed by atoms with Gasteiger partial charge in [0.25, 0.3) is 0 Å². The summed E-state index contributed by atoms with van der Waals surface area (Å²) < 4.78 is 0. The number of aliphatic imine (C=N–C) groups is 1. The molecule has 1 aliphatic rings. The number of carbonyl (C=O) groups excluding carboxylic acids is 1. The van der Waals surface area contributed by atoms with E-state index in [4.69, 9.17) is 4.99 Å². The predicted octanol–water partition coefficient (Wildman–Crippen LogP) is 4.07. The third-order valence-electron chi connectivity index (χ3n) is 6.11. The molecule has 0 radical (unpaired) electrons. The second-order valence-corrected chi connectivity index (χ2v) is 7.90. The number of benzene rings is 1. The third-order valence-corrected chi connectivity index (χ3v) is 6.11. The van der Waals surface area contributed by atoms with Crippen LogP contribution in [0.25, 0.3) is 0 Å². The van der Waals surface area contributed by atoms with Crippen LogP contribution < -0.4 is 15.5 Å². The lowest BCUT2D eigenvalue weighted by molar-refractivity contribution is -0.119. The molecule has 6 nitrogen and oxygen atoms in total. The third kappa shape index (κ3) is 7.72. The van der Waals surface area contributed by atoms with E-state index in [1.54, 1.807) is 0 Å². The summed E-state index contributed by atoms with van der Waals surface area (Å²) in [4.78, 5) is 18.7. The lowest BCUT2D eigenvalue weighted by Crippen LogP contribution is -2.43. The number of halogens is 1. The van der Waals surface area contributed by atoms with Gasteiger partial charge in [-0.2, -0.15) is 0 Å². The highest BCUT2D eigenvalue weighted by molar-refractivity contribution is 14.0. The van der Waals surface area contributed by atoms with Crippen molar-refractivity contribution in [2.45, 2.75) is 65.8 Å². The Bertz CT molecular complexity index is 660. The Morgan fingerprint density at radius 3 is 2.40 bits per heavy atom. The summed E-state index contributed by atoms with van der Waals surface area (Å²) in [6.45, 7) is 9.61. The standard InChI is InChI=1S/C23H38N4O2.HI/c1-4-23(5-2,14-16-28)18-26-22(24-6-3)25-17-19-10-12-20(13-11-19)27-15-8-7-9-21(27)29;/h10-13,28H,4-9,14-18H2,1-3H3,(H2,24,25,26);1H. The summed E-state index contributed by atoms with van der Waals surface area (Å²) in [7, 11) is 0. The van der Waals surface area contributed by atoms with Gasteiger partial charge >= 0.3 is 0 Å². The molecule has 0 saturated carbocycles. The van der Waals surface area contributed by atoms with Crippen molar-refractivity contribution in [3.8, 4) is 0 Å². The number of hydrogen-bond donors (Lipinski definition) is 3. The molecule has 0 unspecified atom stereocenters. The molecule has 0 atom stereocenters. The van der Waals surface area contributed by atoms with Crippen LogP contribution in [0.4, 0.5) is 5.69 Å². The van der Waals surface area contributed by atoms with Gasteiger partial charge in [-0.15, -0.1) is 24.0 Å². The van der Waals surface area contributed by atoms with E-state index in [2.05, 4.69) is 43.5 Å². The summed E-state index contributed by atoms with van der Waals surface area (Å²) >= 11 is 0. The molecule has 3 N–H and O–H groups in total. The fourth-order valence-electron chi connectivity index (χ4n) is 3.82. The minimum Gasteiger partial charge on any atom is -0.396 e. The highest BCUT2D eigenvalue weighted by Crippen LogP contribution is 2.29. The van der Waals surface area contributed by atoms with Crippen LogP contribution in [0.3, 0.4) is 0 Å². The highest BCUT2D eigenvalue weighted by Gasteiger charge is 2.25. The Balaban J connectivity index is 0.00000450. The fourth-order valence-corrected chi connectivity index (χ4v) is 3.82. The van der Waals surface area contributed by atoms with Crippen molar-refractivity contribution in [1.29, 1.82) is 0 Å². The molecule has 0 aromatic heterocycles. The molecule has 1 aromatic carbocycles. The van der Waals surface area contributed by atoms with Crippen molar-refractivity contribution in [2.75, 3.05) is 31.1 Å². The van der Waals surface area contributed by atoms with Crippen LogP contribution in [0.15, 0.2) is 29.3 Å². The van der Waals surface area contributed by atoms with Gasteiger partial charge in [-0.3, -0.25) is 4.79 Å². The van der Waals surface area contributed by atoms with Crippen molar-refractivity contribution in [2.24, 2.45) is 10.4 Å². The van der Waals surface area contributed by atoms with Gasteiger partial charge in [0.15, 0.2) is 5.96 Å². The number of rotatable bonds is 10. The first-order chi connectivity index (χ1) is 14.1. The smallest absolute Gasteiger partial charge is 0.226 e. The summed E-state index contributed by atoms with van der Waals surface area (Å²) in [6, 6.07) is 8.15. The van der Waals surface area contributed by atoms with Crippen LogP contribution in [-0.4, -0.2) is 43.2 Å². The fraction of sp³-hybridized carbons (Fsp3) is 0.652. The topological polar surface area (TPSA) is 77.0 Å². The van der Waals surface area contributed by atoms with Gasteiger partial charge in [0.1, 0.15) is 0 Å². The second-order valence-electron chi connectivity index (χ2n) is 7.90. The van der Waals surface area contributed by atoms with E-state index in [1.165, 1.54) is 0 Å². The summed E-state index contributed by atoms with van der Waals surface area (Å²) in [6.07, 6.45) is 5.56. The number of aliphatic hydroxyl groups excluding tert-OH is 1. The zero-order chi connectivity index (χ0) is 21.1. The molecule has 1 saturated heterocycles. The number of guanidine groups is 1. The molecular formula is C23H39IN4O2. The van der Waals surface area contributed by atoms with Gasteiger partial charge in [-0.1, -0.05) is 26.0 Å². The number of hydrogen-bond acceptors (Lipinski definition) is 3. The highest BCUT2D eigenvalue weighted by atomic mass is 127. The number of aliphatic hydroxyl groups is 1. The molecule has 1 amide bonds. The molecule has 1 heterocycles. The molecule has 0 spiro atoms. The zero-order valence-electron chi connectivity index (χ0n) is 18.7. The van der Waals surface area contributed by atoms with Crippen molar-refractivity contribution in [3.05, 3.63) is 29.8 Å². The normalized spacial score (nSPS) is 15.0. The number of nitrogens with one attached hydrogen (secondary N) is 2. The quantitative estimate of drug-likeness (QED) is 0.242. The Morgan fingerprint density at radius 1 is 1.13 bits per heavy atom. The Kier molecular flexibility index (Phi) is 12.3. The van der Waals surface area contributed by atoms with Gasteiger partial charge in [0.2, 0.25) is 5.91 Å². The molecule has 30 heavy (non-hydrogen) atoms. The number of amides is 1. The monoisotopic (exact) mass is 530 g/mol. The van der Waals surface area contributed by atoms with E-state index >= 15 is 0 Å². The van der Waals surface area contributed by atoms with Gasteiger partial charge < -0.3 is 20.6 Å². The van der Waals surface area contributed by atoms with Crippen molar-refractivity contribution in [1.82, 2.24) is 10.6 Å². The minimum absolute atomic E-state index is 0. The van der Waals surface area contributed by atoms with Crippen LogP contribution in [0.5, 0.6) is 0 Å².